The number of amides is 1. The van der Waals surface area contributed by atoms with E-state index in [9.17, 15) is 9.59 Å². The van der Waals surface area contributed by atoms with Crippen molar-refractivity contribution in [3.05, 3.63) is 35.4 Å². The summed E-state index contributed by atoms with van der Waals surface area (Å²) in [5.74, 6) is 1.20. The lowest BCUT2D eigenvalue weighted by Crippen LogP contribution is -2.54. The van der Waals surface area contributed by atoms with E-state index in [4.69, 9.17) is 9.47 Å². The van der Waals surface area contributed by atoms with Gasteiger partial charge in [-0.1, -0.05) is 24.3 Å². The topological polar surface area (TPSA) is 67.9 Å². The number of hydrogen-bond donors (Lipinski definition) is 1. The fourth-order valence-electron chi connectivity index (χ4n) is 5.25. The molecule has 2 fully saturated rings. The fourth-order valence-corrected chi connectivity index (χ4v) is 6.39. The number of ether oxygens (including phenoxy) is 2. The third-order valence-electron chi connectivity index (χ3n) is 6.64. The first kappa shape index (κ1) is 22.8. The van der Waals surface area contributed by atoms with E-state index in [0.29, 0.717) is 38.0 Å². The zero-order valence-electron chi connectivity index (χ0n) is 18.5. The number of carbonyl (C=O) groups is 2. The van der Waals surface area contributed by atoms with E-state index in [-0.39, 0.29) is 23.0 Å². The third-order valence-corrected chi connectivity index (χ3v) is 7.86. The van der Waals surface area contributed by atoms with E-state index < -0.39 is 12.3 Å². The molecule has 3 aliphatic rings. The molecule has 2 heterocycles. The maximum Gasteiger partial charge on any atom is 0.241 e. The van der Waals surface area contributed by atoms with Gasteiger partial charge in [0.2, 0.25) is 5.91 Å². The number of rotatable bonds is 9. The first-order valence-corrected chi connectivity index (χ1v) is 12.6. The van der Waals surface area contributed by atoms with Crippen molar-refractivity contribution >= 4 is 23.5 Å². The van der Waals surface area contributed by atoms with Gasteiger partial charge in [0.25, 0.3) is 0 Å². The molecule has 0 saturated carbocycles. The first-order chi connectivity index (χ1) is 15.1. The molecule has 4 rings (SSSR count). The van der Waals surface area contributed by atoms with Gasteiger partial charge in [0, 0.05) is 32.1 Å². The Morgan fingerprint density at radius 1 is 1.16 bits per heavy atom. The molecule has 0 spiro atoms. The number of fused-ring (bicyclic) bond motifs is 1. The summed E-state index contributed by atoms with van der Waals surface area (Å²) in [6.07, 6.45) is 3.87. The predicted molar refractivity (Wildman–Crippen MR) is 122 cm³/mol. The molecule has 1 unspecified atom stereocenters. The predicted octanol–water partition coefficient (Wildman–Crippen LogP) is 2.78. The number of nitrogens with one attached hydrogen (secondary N) is 1. The van der Waals surface area contributed by atoms with E-state index in [1.54, 1.807) is 11.8 Å². The molecule has 0 aromatic heterocycles. The summed E-state index contributed by atoms with van der Waals surface area (Å²) in [6, 6.07) is 7.93. The van der Waals surface area contributed by atoms with Crippen molar-refractivity contribution in [2.75, 3.05) is 25.6 Å². The Morgan fingerprint density at radius 2 is 1.84 bits per heavy atom. The number of benzene rings is 1. The van der Waals surface area contributed by atoms with Crippen molar-refractivity contribution < 1.29 is 19.1 Å². The largest absolute Gasteiger partial charge is 0.351 e. The number of nitrogens with zero attached hydrogens (tertiary/aromatic N) is 1. The maximum absolute atomic E-state index is 13.5. The maximum atomic E-state index is 13.5. The SMILES string of the molecule is CCOC(OCC)[C@@H]1CCCN1C(=O)[C@H]1NCSC1C(=O)CC1Cc2ccccc2C1. The van der Waals surface area contributed by atoms with Crippen LogP contribution in [0.5, 0.6) is 0 Å². The fraction of sp³-hybridized carbons (Fsp3) is 0.667. The number of hydrogen-bond acceptors (Lipinski definition) is 6. The van der Waals surface area contributed by atoms with Crippen LogP contribution in [0, 0.1) is 5.92 Å². The van der Waals surface area contributed by atoms with E-state index in [0.717, 1.165) is 25.7 Å². The van der Waals surface area contributed by atoms with Gasteiger partial charge < -0.3 is 14.4 Å². The molecule has 0 radical (unpaired) electrons. The van der Waals surface area contributed by atoms with Crippen LogP contribution in [0.2, 0.25) is 0 Å². The highest BCUT2D eigenvalue weighted by atomic mass is 32.2. The van der Waals surface area contributed by atoms with Crippen molar-refractivity contribution in [1.29, 1.82) is 0 Å². The van der Waals surface area contributed by atoms with Crippen molar-refractivity contribution in [2.45, 2.75) is 69.6 Å². The Labute approximate surface area is 189 Å². The molecular weight excluding hydrogens is 412 g/mol. The van der Waals surface area contributed by atoms with Gasteiger partial charge in [-0.3, -0.25) is 14.9 Å². The number of ketones is 1. The Morgan fingerprint density at radius 3 is 2.48 bits per heavy atom. The number of likely N-dealkylation sites (tertiary alicyclic amines) is 1. The lowest BCUT2D eigenvalue weighted by Gasteiger charge is -2.33. The Kier molecular flexibility index (Phi) is 7.69. The zero-order chi connectivity index (χ0) is 21.8. The molecule has 6 nitrogen and oxygen atoms in total. The molecule has 170 valence electrons. The van der Waals surface area contributed by atoms with Crippen LogP contribution in [-0.4, -0.2) is 65.8 Å². The number of thioether (sulfide) groups is 1. The molecule has 31 heavy (non-hydrogen) atoms. The molecule has 1 N–H and O–H groups in total. The third kappa shape index (κ3) is 5.00. The second-order valence-electron chi connectivity index (χ2n) is 8.65. The van der Waals surface area contributed by atoms with Crippen LogP contribution < -0.4 is 5.32 Å². The summed E-state index contributed by atoms with van der Waals surface area (Å²) >= 11 is 1.57. The second-order valence-corrected chi connectivity index (χ2v) is 9.78. The lowest BCUT2D eigenvalue weighted by atomic mass is 9.95. The van der Waals surface area contributed by atoms with Crippen LogP contribution in [0.25, 0.3) is 0 Å². The van der Waals surface area contributed by atoms with Crippen LogP contribution >= 0.6 is 11.8 Å². The summed E-state index contributed by atoms with van der Waals surface area (Å²) < 4.78 is 11.6. The normalized spacial score (nSPS) is 26.0. The van der Waals surface area contributed by atoms with Gasteiger partial charge in [-0.25, -0.2) is 0 Å². The quantitative estimate of drug-likeness (QED) is 0.589. The van der Waals surface area contributed by atoms with Gasteiger partial charge in [-0.2, -0.15) is 0 Å². The summed E-state index contributed by atoms with van der Waals surface area (Å²) in [4.78, 5) is 28.6. The van der Waals surface area contributed by atoms with E-state index in [1.165, 1.54) is 11.1 Å². The summed E-state index contributed by atoms with van der Waals surface area (Å²) in [7, 11) is 0. The molecule has 2 saturated heterocycles. The second kappa shape index (κ2) is 10.5. The standard InChI is InChI=1S/C24H34N2O4S/c1-3-29-24(30-4-2)19-10-7-11-26(19)23(28)21-22(31-15-25-21)20(27)14-16-12-17-8-5-6-9-18(17)13-16/h5-6,8-9,16,19,21-22,24-25H,3-4,7,10-15H2,1-2H3/t19-,21-,22?/m0/s1. The number of Topliss-reactive ketones (excluding diaryl/α,β-unsaturated/α-hetero) is 1. The Hall–Kier alpha value is -1.41. The monoisotopic (exact) mass is 446 g/mol. The molecule has 3 atom stereocenters. The van der Waals surface area contributed by atoms with Crippen molar-refractivity contribution in [3.63, 3.8) is 0 Å². The molecule has 1 aromatic rings. The first-order valence-electron chi connectivity index (χ1n) is 11.6. The van der Waals surface area contributed by atoms with Crippen LogP contribution in [0.15, 0.2) is 24.3 Å². The molecule has 0 bridgehead atoms. The highest BCUT2D eigenvalue weighted by molar-refractivity contribution is 8.00. The summed E-state index contributed by atoms with van der Waals surface area (Å²) in [5.41, 5.74) is 2.73. The van der Waals surface area contributed by atoms with Gasteiger partial charge in [0.1, 0.15) is 11.8 Å². The van der Waals surface area contributed by atoms with Crippen molar-refractivity contribution in [1.82, 2.24) is 10.2 Å². The van der Waals surface area contributed by atoms with Crippen molar-refractivity contribution in [3.8, 4) is 0 Å². The van der Waals surface area contributed by atoms with Crippen molar-refractivity contribution in [2.24, 2.45) is 5.92 Å². The molecule has 1 aromatic carbocycles. The minimum atomic E-state index is -0.453. The van der Waals surface area contributed by atoms with Gasteiger partial charge in [0.05, 0.1) is 11.3 Å². The molecule has 7 heteroatoms. The van der Waals surface area contributed by atoms with Crippen LogP contribution in [-0.2, 0) is 31.9 Å². The molecule has 2 aliphatic heterocycles. The van der Waals surface area contributed by atoms with Gasteiger partial charge in [0.15, 0.2) is 6.29 Å². The van der Waals surface area contributed by atoms with Gasteiger partial charge in [-0.15, -0.1) is 11.8 Å². The molecule has 1 amide bonds. The smallest absolute Gasteiger partial charge is 0.241 e. The number of carbonyl (C=O) groups excluding carboxylic acids is 2. The van der Waals surface area contributed by atoms with Crippen LogP contribution in [0.1, 0.15) is 44.2 Å². The van der Waals surface area contributed by atoms with E-state index >= 15 is 0 Å². The minimum Gasteiger partial charge on any atom is -0.351 e. The molecular formula is C24H34N2O4S. The van der Waals surface area contributed by atoms with E-state index in [2.05, 4.69) is 29.6 Å². The van der Waals surface area contributed by atoms with Gasteiger partial charge >= 0.3 is 0 Å². The van der Waals surface area contributed by atoms with Gasteiger partial charge in [-0.05, 0) is 56.6 Å². The lowest BCUT2D eigenvalue weighted by molar-refractivity contribution is -0.175. The van der Waals surface area contributed by atoms with Crippen LogP contribution in [0.3, 0.4) is 0 Å². The Bertz CT molecular complexity index is 758. The summed E-state index contributed by atoms with van der Waals surface area (Å²) in [6.45, 7) is 5.68. The summed E-state index contributed by atoms with van der Waals surface area (Å²) in [5, 5.41) is 2.99. The highest BCUT2D eigenvalue weighted by Crippen LogP contribution is 2.33. The average molecular weight is 447 g/mol. The average Bonchev–Trinajstić information content (AvgIpc) is 3.51. The highest BCUT2D eigenvalue weighted by Gasteiger charge is 2.45. The van der Waals surface area contributed by atoms with Crippen LogP contribution in [0.4, 0.5) is 0 Å². The minimum absolute atomic E-state index is 0.0185. The van der Waals surface area contributed by atoms with E-state index in [1.807, 2.05) is 18.7 Å². The zero-order valence-corrected chi connectivity index (χ0v) is 19.4. The Balaban J connectivity index is 1.39. The molecule has 1 aliphatic carbocycles.